The minimum atomic E-state index is -0.109. The number of carbonyl (C=O) groups is 1. The van der Waals surface area contributed by atoms with Crippen molar-refractivity contribution in [1.29, 1.82) is 5.26 Å². The molecule has 90 valence electrons. The Labute approximate surface area is 96.8 Å². The molecule has 1 atom stereocenters. The van der Waals surface area contributed by atoms with Crippen molar-refractivity contribution in [3.05, 3.63) is 0 Å². The van der Waals surface area contributed by atoms with Crippen molar-refractivity contribution in [2.24, 2.45) is 0 Å². The van der Waals surface area contributed by atoms with Gasteiger partial charge in [-0.25, -0.2) is 0 Å². The van der Waals surface area contributed by atoms with Crippen molar-refractivity contribution < 1.29 is 4.79 Å². The molecule has 0 radical (unpaired) electrons. The number of nitrogens with zero attached hydrogens (tertiary/aromatic N) is 2. The van der Waals surface area contributed by atoms with Gasteiger partial charge in [-0.3, -0.25) is 9.69 Å². The molecule has 0 saturated carbocycles. The second kappa shape index (κ2) is 7.20. The second-order valence-corrected chi connectivity index (χ2v) is 3.99. The molecule has 1 amide bonds. The maximum Gasteiger partial charge on any atom is 0.234 e. The van der Waals surface area contributed by atoms with Gasteiger partial charge in [-0.05, 0) is 25.9 Å². The Bertz CT molecular complexity index is 261. The first-order chi connectivity index (χ1) is 7.77. The number of hydrogen-bond donors (Lipinski definition) is 2. The summed E-state index contributed by atoms with van der Waals surface area (Å²) in [7, 11) is 0. The van der Waals surface area contributed by atoms with E-state index in [1.54, 1.807) is 0 Å². The third kappa shape index (κ3) is 4.17. The van der Waals surface area contributed by atoms with Gasteiger partial charge >= 0.3 is 0 Å². The van der Waals surface area contributed by atoms with E-state index in [0.29, 0.717) is 12.6 Å². The minimum absolute atomic E-state index is 0.0883. The van der Waals surface area contributed by atoms with Gasteiger partial charge in [-0.2, -0.15) is 5.26 Å². The lowest BCUT2D eigenvalue weighted by atomic mass is 10.2. The van der Waals surface area contributed by atoms with Crippen LogP contribution in [0.3, 0.4) is 0 Å². The molecule has 1 fully saturated rings. The molecular formula is C11H20N4O. The van der Waals surface area contributed by atoms with Gasteiger partial charge < -0.3 is 10.6 Å². The highest BCUT2D eigenvalue weighted by molar-refractivity contribution is 5.78. The molecular weight excluding hydrogens is 204 g/mol. The van der Waals surface area contributed by atoms with E-state index >= 15 is 0 Å². The van der Waals surface area contributed by atoms with Crippen molar-refractivity contribution in [3.8, 4) is 6.07 Å². The van der Waals surface area contributed by atoms with Gasteiger partial charge in [0.15, 0.2) is 0 Å². The highest BCUT2D eigenvalue weighted by atomic mass is 16.1. The molecule has 0 bridgehead atoms. The summed E-state index contributed by atoms with van der Waals surface area (Å²) in [5.74, 6) is -0.109. The van der Waals surface area contributed by atoms with Crippen molar-refractivity contribution in [2.45, 2.75) is 25.8 Å². The molecule has 1 heterocycles. The number of likely N-dealkylation sites (N-methyl/N-ethyl adjacent to an activating group) is 1. The third-order valence-electron chi connectivity index (χ3n) is 2.94. The fraction of sp³-hybridized carbons (Fsp3) is 0.818. The molecule has 2 N–H and O–H groups in total. The van der Waals surface area contributed by atoms with E-state index in [1.165, 1.54) is 19.4 Å². The standard InChI is InChI=1S/C11H20N4O/c1-2-15-7-3-4-10(15)8-13-9-11(16)14-6-5-12/h10,13H,2-4,6-9H2,1H3,(H,14,16). The van der Waals surface area contributed by atoms with Crippen molar-refractivity contribution in [2.75, 3.05) is 32.7 Å². The zero-order valence-electron chi connectivity index (χ0n) is 9.83. The maximum absolute atomic E-state index is 11.2. The smallest absolute Gasteiger partial charge is 0.234 e. The summed E-state index contributed by atoms with van der Waals surface area (Å²) in [6, 6.07) is 2.44. The van der Waals surface area contributed by atoms with E-state index in [2.05, 4.69) is 22.5 Å². The number of rotatable bonds is 6. The molecule has 0 aromatic carbocycles. The Kier molecular flexibility index (Phi) is 5.83. The maximum atomic E-state index is 11.2. The van der Waals surface area contributed by atoms with Crippen LogP contribution in [0.2, 0.25) is 0 Å². The average molecular weight is 224 g/mol. The molecule has 0 aromatic heterocycles. The van der Waals surface area contributed by atoms with Crippen molar-refractivity contribution >= 4 is 5.91 Å². The largest absolute Gasteiger partial charge is 0.342 e. The highest BCUT2D eigenvalue weighted by Crippen LogP contribution is 2.15. The van der Waals surface area contributed by atoms with Gasteiger partial charge in [0.05, 0.1) is 12.6 Å². The van der Waals surface area contributed by atoms with Gasteiger partial charge in [-0.1, -0.05) is 6.92 Å². The lowest BCUT2D eigenvalue weighted by molar-refractivity contribution is -0.120. The van der Waals surface area contributed by atoms with Crippen LogP contribution in [0.15, 0.2) is 0 Å². The first-order valence-corrected chi connectivity index (χ1v) is 5.86. The van der Waals surface area contributed by atoms with E-state index in [-0.39, 0.29) is 12.5 Å². The van der Waals surface area contributed by atoms with E-state index in [0.717, 1.165) is 13.1 Å². The normalized spacial score (nSPS) is 20.6. The second-order valence-electron chi connectivity index (χ2n) is 3.99. The summed E-state index contributed by atoms with van der Waals surface area (Å²) in [6.45, 7) is 5.66. The van der Waals surface area contributed by atoms with Crippen LogP contribution < -0.4 is 10.6 Å². The molecule has 1 aliphatic rings. The van der Waals surface area contributed by atoms with Crippen LogP contribution in [-0.2, 0) is 4.79 Å². The fourth-order valence-corrected chi connectivity index (χ4v) is 2.10. The third-order valence-corrected chi connectivity index (χ3v) is 2.94. The zero-order chi connectivity index (χ0) is 11.8. The van der Waals surface area contributed by atoms with Crippen LogP contribution >= 0.6 is 0 Å². The molecule has 0 spiro atoms. The topological polar surface area (TPSA) is 68.2 Å². The predicted octanol–water partition coefficient (Wildman–Crippen LogP) is -0.300. The highest BCUT2D eigenvalue weighted by Gasteiger charge is 2.22. The van der Waals surface area contributed by atoms with Crippen molar-refractivity contribution in [1.82, 2.24) is 15.5 Å². The van der Waals surface area contributed by atoms with Gasteiger partial charge in [0.25, 0.3) is 0 Å². The Balaban J connectivity index is 2.10. The lowest BCUT2D eigenvalue weighted by Crippen LogP contribution is -2.41. The molecule has 0 aromatic rings. The first kappa shape index (κ1) is 12.9. The summed E-state index contributed by atoms with van der Waals surface area (Å²) >= 11 is 0. The SMILES string of the molecule is CCN1CCCC1CNCC(=O)NCC#N. The number of nitrogens with one attached hydrogen (secondary N) is 2. The van der Waals surface area contributed by atoms with Crippen LogP contribution in [0.1, 0.15) is 19.8 Å². The number of nitriles is 1. The molecule has 0 aliphatic carbocycles. The minimum Gasteiger partial charge on any atom is -0.342 e. The average Bonchev–Trinajstić information content (AvgIpc) is 2.74. The van der Waals surface area contributed by atoms with E-state index < -0.39 is 0 Å². The molecule has 1 rings (SSSR count). The molecule has 1 saturated heterocycles. The Morgan fingerprint density at radius 2 is 2.44 bits per heavy atom. The monoisotopic (exact) mass is 224 g/mol. The quantitative estimate of drug-likeness (QED) is 0.608. The van der Waals surface area contributed by atoms with E-state index in [9.17, 15) is 4.79 Å². The number of hydrogen-bond acceptors (Lipinski definition) is 4. The van der Waals surface area contributed by atoms with Crippen molar-refractivity contribution in [3.63, 3.8) is 0 Å². The predicted molar refractivity (Wildman–Crippen MR) is 61.8 cm³/mol. The molecule has 1 aliphatic heterocycles. The van der Waals surface area contributed by atoms with Crippen LogP contribution in [0.4, 0.5) is 0 Å². The van der Waals surface area contributed by atoms with Gasteiger partial charge in [-0.15, -0.1) is 0 Å². The number of amides is 1. The van der Waals surface area contributed by atoms with Gasteiger partial charge in [0.2, 0.25) is 5.91 Å². The Morgan fingerprint density at radius 3 is 3.12 bits per heavy atom. The first-order valence-electron chi connectivity index (χ1n) is 5.86. The summed E-state index contributed by atoms with van der Waals surface area (Å²) < 4.78 is 0. The van der Waals surface area contributed by atoms with Crippen LogP contribution in [0, 0.1) is 11.3 Å². The van der Waals surface area contributed by atoms with E-state index in [1.807, 2.05) is 6.07 Å². The van der Waals surface area contributed by atoms with Crippen LogP contribution in [-0.4, -0.2) is 49.6 Å². The lowest BCUT2D eigenvalue weighted by Gasteiger charge is -2.22. The zero-order valence-corrected chi connectivity index (χ0v) is 9.83. The van der Waals surface area contributed by atoms with Crippen LogP contribution in [0.5, 0.6) is 0 Å². The van der Waals surface area contributed by atoms with Gasteiger partial charge in [0, 0.05) is 12.6 Å². The Morgan fingerprint density at radius 1 is 1.62 bits per heavy atom. The molecule has 16 heavy (non-hydrogen) atoms. The van der Waals surface area contributed by atoms with Crippen LogP contribution in [0.25, 0.3) is 0 Å². The molecule has 1 unspecified atom stereocenters. The van der Waals surface area contributed by atoms with Gasteiger partial charge in [0.1, 0.15) is 6.54 Å². The van der Waals surface area contributed by atoms with E-state index in [4.69, 9.17) is 5.26 Å². The summed E-state index contributed by atoms with van der Waals surface area (Å²) in [4.78, 5) is 13.6. The molecule has 5 nitrogen and oxygen atoms in total. The Hall–Kier alpha value is -1.12. The number of carbonyl (C=O) groups excluding carboxylic acids is 1. The summed E-state index contributed by atoms with van der Waals surface area (Å²) in [5, 5.41) is 13.9. The number of likely N-dealkylation sites (tertiary alicyclic amines) is 1. The molecule has 5 heteroatoms. The summed E-state index contributed by atoms with van der Waals surface area (Å²) in [6.07, 6.45) is 2.46. The summed E-state index contributed by atoms with van der Waals surface area (Å²) in [5.41, 5.74) is 0. The fourth-order valence-electron chi connectivity index (χ4n) is 2.10.